The van der Waals surface area contributed by atoms with E-state index in [0.29, 0.717) is 23.9 Å². The summed E-state index contributed by atoms with van der Waals surface area (Å²) in [5.74, 6) is 0.429. The zero-order chi connectivity index (χ0) is 17.0. The third-order valence-corrected chi connectivity index (χ3v) is 3.35. The monoisotopic (exact) mass is 336 g/mol. The lowest BCUT2D eigenvalue weighted by Gasteiger charge is -2.32. The lowest BCUT2D eigenvalue weighted by molar-refractivity contribution is 0.0219. The molecule has 1 aliphatic heterocycles. The van der Waals surface area contributed by atoms with Gasteiger partial charge in [0.1, 0.15) is 12.2 Å². The van der Waals surface area contributed by atoms with Crippen LogP contribution in [0.5, 0.6) is 5.88 Å². The van der Waals surface area contributed by atoms with Gasteiger partial charge in [-0.05, 0) is 45.8 Å². The minimum atomic E-state index is -0.555. The lowest BCUT2D eigenvalue weighted by Crippen LogP contribution is -2.44. The number of carbonyl (C=O) groups is 1. The zero-order valence-electron chi connectivity index (χ0n) is 13.8. The summed E-state index contributed by atoms with van der Waals surface area (Å²) in [4.78, 5) is 17.9. The van der Waals surface area contributed by atoms with Gasteiger partial charge in [0.05, 0.1) is 12.2 Å². The van der Waals surface area contributed by atoms with Crippen molar-refractivity contribution in [3.63, 3.8) is 0 Å². The summed E-state index contributed by atoms with van der Waals surface area (Å²) in [5, 5.41) is 0.554. The Balaban J connectivity index is 2.06. The summed E-state index contributed by atoms with van der Waals surface area (Å²) >= 11 is 5.92. The summed E-state index contributed by atoms with van der Waals surface area (Å²) in [7, 11) is 0. The summed E-state index contributed by atoms with van der Waals surface area (Å²) < 4.78 is 11.1. The molecular weight excluding hydrogens is 316 g/mol. The normalized spacial score (nSPS) is 17.7. The van der Waals surface area contributed by atoms with Gasteiger partial charge in [-0.2, -0.15) is 0 Å². The largest absolute Gasteiger partial charge is 0.475 e. The van der Waals surface area contributed by atoms with Crippen LogP contribution in [0.1, 0.15) is 34.1 Å². The molecular formula is C17H21ClN2O3. The molecule has 2 heterocycles. The summed E-state index contributed by atoms with van der Waals surface area (Å²) in [6.45, 7) is 7.76. The summed E-state index contributed by atoms with van der Waals surface area (Å²) in [6, 6.07) is 3.14. The van der Waals surface area contributed by atoms with Gasteiger partial charge in [-0.1, -0.05) is 11.6 Å². The average Bonchev–Trinajstić information content (AvgIpc) is 2.43. The highest BCUT2D eigenvalue weighted by Gasteiger charge is 2.29. The number of hydrogen-bond acceptors (Lipinski definition) is 4. The van der Waals surface area contributed by atoms with Crippen LogP contribution in [-0.4, -0.2) is 34.2 Å². The molecule has 0 N–H and O–H groups in total. The lowest BCUT2D eigenvalue weighted by atomic mass is 10.1. The van der Waals surface area contributed by atoms with Crippen LogP contribution in [0, 0.1) is 0 Å². The molecule has 0 fully saturated rings. The molecule has 23 heavy (non-hydrogen) atoms. The second-order valence-corrected chi connectivity index (χ2v) is 6.86. The molecule has 0 unspecified atom stereocenters. The summed E-state index contributed by atoms with van der Waals surface area (Å²) in [5.41, 5.74) is 3.56. The zero-order valence-corrected chi connectivity index (χ0v) is 14.6. The number of rotatable bonds is 3. The Labute approximate surface area is 141 Å². The second-order valence-electron chi connectivity index (χ2n) is 6.42. The molecule has 0 bridgehead atoms. The molecule has 1 aliphatic rings. The minimum Gasteiger partial charge on any atom is -0.475 e. The van der Waals surface area contributed by atoms with Crippen molar-refractivity contribution in [3.8, 4) is 5.88 Å². The van der Waals surface area contributed by atoms with Crippen LogP contribution in [0.2, 0.25) is 5.02 Å². The number of hydrogen-bond donors (Lipinski definition) is 0. The maximum absolute atomic E-state index is 12.3. The van der Waals surface area contributed by atoms with Crippen LogP contribution in [-0.2, 0) is 4.74 Å². The van der Waals surface area contributed by atoms with Crippen LogP contribution in [0.15, 0.2) is 35.8 Å². The standard InChI is InChI=1S/C17H21ClN2O3/c1-12-6-8-20(16(21)23-17(2,3)4)14(9-12)11-22-15-10-13(18)5-7-19-15/h5,7-8,10,14H,9,11H2,1-4H3/t14-/m0/s1. The molecule has 0 aromatic carbocycles. The highest BCUT2D eigenvalue weighted by molar-refractivity contribution is 6.30. The SMILES string of the molecule is CC1=C=CN(C(=O)OC(C)(C)C)[C@H](COc2cc(Cl)ccn2)C1. The first kappa shape index (κ1) is 17.4. The van der Waals surface area contributed by atoms with E-state index in [1.165, 1.54) is 4.90 Å². The number of carbonyl (C=O) groups excluding carboxylic acids is 1. The topological polar surface area (TPSA) is 51.7 Å². The minimum absolute atomic E-state index is 0.174. The number of amides is 1. The fourth-order valence-corrected chi connectivity index (χ4v) is 2.25. The second kappa shape index (κ2) is 7.07. The van der Waals surface area contributed by atoms with Crippen molar-refractivity contribution >= 4 is 17.7 Å². The van der Waals surface area contributed by atoms with Gasteiger partial charge in [0.15, 0.2) is 0 Å². The number of aromatic nitrogens is 1. The van der Waals surface area contributed by atoms with E-state index in [-0.39, 0.29) is 6.04 Å². The summed E-state index contributed by atoms with van der Waals surface area (Å²) in [6.07, 6.45) is 3.45. The Kier molecular flexibility index (Phi) is 5.34. The fraction of sp³-hybridized carbons (Fsp3) is 0.471. The van der Waals surface area contributed by atoms with Crippen molar-refractivity contribution in [2.45, 2.75) is 45.8 Å². The number of nitrogens with zero attached hydrogens (tertiary/aromatic N) is 2. The Bertz CT molecular complexity index is 645. The molecule has 2 rings (SSSR count). The maximum Gasteiger partial charge on any atom is 0.415 e. The smallest absolute Gasteiger partial charge is 0.415 e. The maximum atomic E-state index is 12.3. The molecule has 0 spiro atoms. The van der Waals surface area contributed by atoms with Crippen molar-refractivity contribution in [1.29, 1.82) is 0 Å². The highest BCUT2D eigenvalue weighted by atomic mass is 35.5. The molecule has 0 radical (unpaired) electrons. The van der Waals surface area contributed by atoms with E-state index in [1.807, 2.05) is 27.7 Å². The first-order valence-corrected chi connectivity index (χ1v) is 7.80. The van der Waals surface area contributed by atoms with Crippen molar-refractivity contribution < 1.29 is 14.3 Å². The molecule has 0 saturated heterocycles. The van der Waals surface area contributed by atoms with E-state index in [0.717, 1.165) is 5.57 Å². The molecule has 1 aromatic heterocycles. The van der Waals surface area contributed by atoms with Gasteiger partial charge < -0.3 is 9.47 Å². The van der Waals surface area contributed by atoms with Gasteiger partial charge in [-0.15, -0.1) is 5.73 Å². The fourth-order valence-electron chi connectivity index (χ4n) is 2.10. The van der Waals surface area contributed by atoms with E-state index in [1.54, 1.807) is 24.5 Å². The van der Waals surface area contributed by atoms with Gasteiger partial charge in [-0.3, -0.25) is 4.90 Å². The van der Waals surface area contributed by atoms with Crippen LogP contribution in [0.3, 0.4) is 0 Å². The Morgan fingerprint density at radius 3 is 2.91 bits per heavy atom. The van der Waals surface area contributed by atoms with Gasteiger partial charge in [-0.25, -0.2) is 9.78 Å². The van der Waals surface area contributed by atoms with Gasteiger partial charge in [0, 0.05) is 17.3 Å². The van der Waals surface area contributed by atoms with Crippen LogP contribution in [0.4, 0.5) is 4.79 Å². The Morgan fingerprint density at radius 1 is 1.52 bits per heavy atom. The van der Waals surface area contributed by atoms with E-state index >= 15 is 0 Å². The third-order valence-electron chi connectivity index (χ3n) is 3.11. The first-order chi connectivity index (χ1) is 10.7. The van der Waals surface area contributed by atoms with E-state index in [4.69, 9.17) is 21.1 Å². The molecule has 1 amide bonds. The van der Waals surface area contributed by atoms with Gasteiger partial charge >= 0.3 is 6.09 Å². The van der Waals surface area contributed by atoms with Crippen molar-refractivity contribution in [2.24, 2.45) is 0 Å². The third kappa shape index (κ3) is 5.31. The van der Waals surface area contributed by atoms with Crippen LogP contribution in [0.25, 0.3) is 0 Å². The highest BCUT2D eigenvalue weighted by Crippen LogP contribution is 2.21. The molecule has 1 aromatic rings. The van der Waals surface area contributed by atoms with E-state index < -0.39 is 11.7 Å². The first-order valence-electron chi connectivity index (χ1n) is 7.42. The van der Waals surface area contributed by atoms with E-state index in [2.05, 4.69) is 10.7 Å². The molecule has 1 atom stereocenters. The van der Waals surface area contributed by atoms with Gasteiger partial charge in [0.2, 0.25) is 5.88 Å². The van der Waals surface area contributed by atoms with Gasteiger partial charge in [0.25, 0.3) is 0 Å². The molecule has 124 valence electrons. The quantitative estimate of drug-likeness (QED) is 0.777. The number of halogens is 1. The van der Waals surface area contributed by atoms with Crippen LogP contribution < -0.4 is 4.74 Å². The Hall–Kier alpha value is -1.97. The van der Waals surface area contributed by atoms with Crippen molar-refractivity contribution in [3.05, 3.63) is 40.9 Å². The van der Waals surface area contributed by atoms with Crippen molar-refractivity contribution in [2.75, 3.05) is 6.61 Å². The predicted octanol–water partition coefficient (Wildman–Crippen LogP) is 4.18. The molecule has 0 aliphatic carbocycles. The van der Waals surface area contributed by atoms with Crippen molar-refractivity contribution in [1.82, 2.24) is 9.88 Å². The number of ether oxygens (including phenoxy) is 2. The van der Waals surface area contributed by atoms with E-state index in [9.17, 15) is 4.79 Å². The van der Waals surface area contributed by atoms with Crippen LogP contribution >= 0.6 is 11.6 Å². The Morgan fingerprint density at radius 2 is 2.26 bits per heavy atom. The molecule has 6 heteroatoms. The predicted molar refractivity (Wildman–Crippen MR) is 88.5 cm³/mol. The number of pyridine rings is 1. The average molecular weight is 337 g/mol. The molecule has 5 nitrogen and oxygen atoms in total. The molecule has 0 saturated carbocycles.